The number of carbonyl (C=O) groups excluding carboxylic acids is 1. The standard InChI is InChI=1S/C25H21N5O4S4/c1-5-7-10-29-16-11-14(26-3)15(27-4)12-18(16)36-19(29)9-8-17-22(33)28(6-2)24(37-17)21-23(34)30(13-20(31)32)25(35)38-21/h8-9,11-12H,5-7,10,13H2,1-2H3,(H,31,32). The number of anilines is 1. The van der Waals surface area contributed by atoms with Gasteiger partial charge in [-0.25, -0.2) is 0 Å². The summed E-state index contributed by atoms with van der Waals surface area (Å²) in [5, 5.41) is 9.99. The number of rotatable bonds is 7. The molecule has 2 aromatic rings. The molecule has 0 unspecified atom stereocenters. The minimum Gasteiger partial charge on any atom is -0.480 e. The molecule has 0 aliphatic carbocycles. The Kier molecular flexibility index (Phi) is 8.43. The normalized spacial score (nSPS) is 17.8. The van der Waals surface area contributed by atoms with Gasteiger partial charge in [0.2, 0.25) is 0 Å². The summed E-state index contributed by atoms with van der Waals surface area (Å²) >= 11 is 8.86. The smallest absolute Gasteiger partial charge is 0.323 e. The SMILES string of the molecule is [C-]#[N+]c1cc2c(cc1[N+]#[C-])N(CCCC)C(=CC=c1sc(=C3SC(=S)N(CC(=O)O)C3=O)n(CC)c1=O)S2. The van der Waals surface area contributed by atoms with E-state index in [4.69, 9.17) is 30.5 Å². The van der Waals surface area contributed by atoms with Crippen molar-refractivity contribution in [2.24, 2.45) is 0 Å². The van der Waals surface area contributed by atoms with Gasteiger partial charge in [0.15, 0.2) is 11.4 Å². The predicted octanol–water partition coefficient (Wildman–Crippen LogP) is 4.12. The number of thiocarbonyl (C=S) groups is 1. The summed E-state index contributed by atoms with van der Waals surface area (Å²) in [6, 6.07) is 3.48. The summed E-state index contributed by atoms with van der Waals surface area (Å²) in [4.78, 5) is 48.5. The molecule has 13 heteroatoms. The van der Waals surface area contributed by atoms with Gasteiger partial charge < -0.3 is 10.0 Å². The number of aliphatic carboxylic acids is 1. The summed E-state index contributed by atoms with van der Waals surface area (Å²) in [5.74, 6) is -1.69. The number of carboxylic acid groups (broad SMARTS) is 1. The number of allylic oxidation sites excluding steroid dienone is 1. The van der Waals surface area contributed by atoms with Crippen molar-refractivity contribution in [2.75, 3.05) is 18.0 Å². The molecule has 0 bridgehead atoms. The average Bonchev–Trinajstić information content (AvgIpc) is 3.50. The van der Waals surface area contributed by atoms with E-state index in [9.17, 15) is 14.4 Å². The van der Waals surface area contributed by atoms with Crippen LogP contribution in [0.1, 0.15) is 26.7 Å². The van der Waals surface area contributed by atoms with Crippen molar-refractivity contribution in [3.8, 4) is 0 Å². The Balaban J connectivity index is 1.80. The lowest BCUT2D eigenvalue weighted by Gasteiger charge is -2.20. The number of thiazole rings is 1. The number of thioether (sulfide) groups is 2. The monoisotopic (exact) mass is 583 g/mol. The molecule has 194 valence electrons. The topological polar surface area (TPSA) is 91.6 Å². The van der Waals surface area contributed by atoms with Crippen LogP contribution in [0.25, 0.3) is 20.7 Å². The first-order valence-corrected chi connectivity index (χ1v) is 14.4. The molecule has 0 radical (unpaired) electrons. The van der Waals surface area contributed by atoms with Gasteiger partial charge in [0.05, 0.1) is 22.7 Å². The van der Waals surface area contributed by atoms with E-state index in [1.165, 1.54) is 16.3 Å². The van der Waals surface area contributed by atoms with Crippen molar-refractivity contribution >= 4 is 91.3 Å². The maximum Gasteiger partial charge on any atom is 0.323 e. The number of fused-ring (bicyclic) bond motifs is 1. The van der Waals surface area contributed by atoms with Gasteiger partial charge in [-0.3, -0.25) is 33.5 Å². The Bertz CT molecular complexity index is 1660. The number of unbranched alkanes of at least 4 members (excludes halogenated alkanes) is 1. The fourth-order valence-corrected chi connectivity index (χ4v) is 7.53. The number of nitrogens with zero attached hydrogens (tertiary/aromatic N) is 5. The molecule has 0 atom stereocenters. The van der Waals surface area contributed by atoms with Gasteiger partial charge in [-0.15, -0.1) is 11.3 Å². The molecule has 4 rings (SSSR count). The zero-order valence-corrected chi connectivity index (χ0v) is 23.7. The van der Waals surface area contributed by atoms with Gasteiger partial charge in [-0.05, 0) is 31.6 Å². The van der Waals surface area contributed by atoms with Crippen LogP contribution in [0.4, 0.5) is 17.1 Å². The quantitative estimate of drug-likeness (QED) is 0.385. The molecular formula is C25H21N5O4S4. The number of carboxylic acids is 1. The van der Waals surface area contributed by atoms with E-state index in [-0.39, 0.29) is 14.8 Å². The van der Waals surface area contributed by atoms with E-state index in [1.807, 2.05) is 6.08 Å². The first-order chi connectivity index (χ1) is 18.2. The van der Waals surface area contributed by atoms with Gasteiger partial charge >= 0.3 is 5.97 Å². The van der Waals surface area contributed by atoms with Crippen LogP contribution < -0.4 is 19.7 Å². The van der Waals surface area contributed by atoms with Crippen molar-refractivity contribution in [2.45, 2.75) is 38.1 Å². The molecule has 1 aromatic heterocycles. The van der Waals surface area contributed by atoms with Crippen LogP contribution in [0.3, 0.4) is 0 Å². The van der Waals surface area contributed by atoms with Crippen molar-refractivity contribution in [1.29, 1.82) is 0 Å². The van der Waals surface area contributed by atoms with E-state index in [1.54, 1.807) is 25.1 Å². The lowest BCUT2D eigenvalue weighted by molar-refractivity contribution is -0.140. The van der Waals surface area contributed by atoms with Crippen LogP contribution in [0.15, 0.2) is 32.9 Å². The molecule has 2 aliphatic rings. The first-order valence-electron chi connectivity index (χ1n) is 11.5. The molecule has 38 heavy (non-hydrogen) atoms. The highest BCUT2D eigenvalue weighted by atomic mass is 32.2. The van der Waals surface area contributed by atoms with E-state index < -0.39 is 18.4 Å². The van der Waals surface area contributed by atoms with Crippen molar-refractivity contribution < 1.29 is 14.7 Å². The molecule has 2 aliphatic heterocycles. The molecule has 0 saturated carbocycles. The number of amides is 1. The lowest BCUT2D eigenvalue weighted by Crippen LogP contribution is -2.35. The molecule has 0 spiro atoms. The fraction of sp³-hybridized carbons (Fsp3) is 0.280. The summed E-state index contributed by atoms with van der Waals surface area (Å²) < 4.78 is 2.51. The van der Waals surface area contributed by atoms with Crippen LogP contribution in [0.5, 0.6) is 0 Å². The molecule has 1 saturated heterocycles. The third-order valence-electron chi connectivity index (χ3n) is 5.74. The second kappa shape index (κ2) is 11.6. The van der Waals surface area contributed by atoms with Crippen LogP contribution in [-0.2, 0) is 16.1 Å². The molecule has 1 aromatic carbocycles. The lowest BCUT2D eigenvalue weighted by atomic mass is 10.2. The minimum absolute atomic E-state index is 0.146. The third kappa shape index (κ3) is 5.15. The largest absolute Gasteiger partial charge is 0.480 e. The average molecular weight is 584 g/mol. The predicted molar refractivity (Wildman–Crippen MR) is 156 cm³/mol. The maximum atomic E-state index is 13.2. The van der Waals surface area contributed by atoms with Crippen LogP contribution in [0, 0.1) is 13.1 Å². The van der Waals surface area contributed by atoms with Crippen molar-refractivity contribution in [1.82, 2.24) is 9.47 Å². The van der Waals surface area contributed by atoms with Crippen molar-refractivity contribution in [3.05, 3.63) is 65.6 Å². The molecular weight excluding hydrogens is 563 g/mol. The Morgan fingerprint density at radius 3 is 2.45 bits per heavy atom. The van der Waals surface area contributed by atoms with E-state index >= 15 is 0 Å². The highest BCUT2D eigenvalue weighted by Gasteiger charge is 2.35. The number of hydrogen-bond acceptors (Lipinski definition) is 8. The Morgan fingerprint density at radius 1 is 1.11 bits per heavy atom. The van der Waals surface area contributed by atoms with Crippen LogP contribution >= 0.6 is 47.1 Å². The third-order valence-corrected chi connectivity index (χ3v) is 9.57. The highest BCUT2D eigenvalue weighted by molar-refractivity contribution is 8.30. The second-order valence-corrected chi connectivity index (χ2v) is 11.9. The molecule has 1 fully saturated rings. The van der Waals surface area contributed by atoms with E-state index in [2.05, 4.69) is 21.5 Å². The zero-order chi connectivity index (χ0) is 27.6. The molecule has 3 heterocycles. The summed E-state index contributed by atoms with van der Waals surface area (Å²) in [7, 11) is 0. The van der Waals surface area contributed by atoms with E-state index in [0.717, 1.165) is 63.0 Å². The highest BCUT2D eigenvalue weighted by Crippen LogP contribution is 2.50. The van der Waals surface area contributed by atoms with E-state index in [0.29, 0.717) is 27.1 Å². The maximum absolute atomic E-state index is 13.2. The van der Waals surface area contributed by atoms with Gasteiger partial charge in [-0.1, -0.05) is 55.2 Å². The molecule has 9 nitrogen and oxygen atoms in total. The Morgan fingerprint density at radius 2 is 1.82 bits per heavy atom. The number of aromatic nitrogens is 1. The fourth-order valence-electron chi connectivity index (χ4n) is 3.91. The van der Waals surface area contributed by atoms with Gasteiger partial charge in [-0.2, -0.15) is 0 Å². The van der Waals surface area contributed by atoms with Gasteiger partial charge in [0.25, 0.3) is 11.5 Å². The second-order valence-electron chi connectivity index (χ2n) is 8.11. The Hall–Kier alpha value is -3.36. The number of benzene rings is 1. The number of hydrogen-bond donors (Lipinski definition) is 1. The van der Waals surface area contributed by atoms with Crippen LogP contribution in [0.2, 0.25) is 0 Å². The summed E-state index contributed by atoms with van der Waals surface area (Å²) in [5.41, 5.74) is 1.24. The first kappa shape index (κ1) is 27.7. The van der Waals surface area contributed by atoms with Gasteiger partial charge in [0, 0.05) is 23.7 Å². The minimum atomic E-state index is -1.17. The zero-order valence-electron chi connectivity index (χ0n) is 20.4. The Labute approximate surface area is 236 Å². The number of carbonyl (C=O) groups is 2. The van der Waals surface area contributed by atoms with Gasteiger partial charge in [0.1, 0.15) is 20.4 Å². The van der Waals surface area contributed by atoms with Crippen LogP contribution in [-0.4, -0.2) is 43.9 Å². The molecule has 1 N–H and O–H groups in total. The summed E-state index contributed by atoms with van der Waals surface area (Å²) in [6.45, 7) is 19.3. The summed E-state index contributed by atoms with van der Waals surface area (Å²) in [6.07, 6.45) is 5.47. The van der Waals surface area contributed by atoms with Crippen molar-refractivity contribution in [3.63, 3.8) is 0 Å². The molecule has 1 amide bonds.